The highest BCUT2D eigenvalue weighted by Gasteiger charge is 2.28. The number of aryl methyl sites for hydroxylation is 1. The Bertz CT molecular complexity index is 437. The molecular weight excluding hydrogens is 266 g/mol. The summed E-state index contributed by atoms with van der Waals surface area (Å²) in [4.78, 5) is 0. The SMILES string of the molecule is CCc1ccc(C(N)C(C)S(=O)C2CCCCC2)cc1. The minimum atomic E-state index is -0.814. The maximum Gasteiger partial charge on any atom is 0.0515 e. The van der Waals surface area contributed by atoms with Crippen molar-refractivity contribution in [3.05, 3.63) is 35.4 Å². The van der Waals surface area contributed by atoms with E-state index in [1.165, 1.54) is 24.8 Å². The molecule has 0 aliphatic heterocycles. The fourth-order valence-corrected chi connectivity index (χ4v) is 4.84. The Labute approximate surface area is 125 Å². The summed E-state index contributed by atoms with van der Waals surface area (Å²) in [5.41, 5.74) is 8.78. The summed E-state index contributed by atoms with van der Waals surface area (Å²) in [5.74, 6) is 0. The lowest BCUT2D eigenvalue weighted by molar-refractivity contribution is 0.499. The Balaban J connectivity index is 2.02. The summed E-state index contributed by atoms with van der Waals surface area (Å²) >= 11 is 0. The van der Waals surface area contributed by atoms with Crippen molar-refractivity contribution in [2.24, 2.45) is 5.73 Å². The number of hydrogen-bond acceptors (Lipinski definition) is 2. The average molecular weight is 293 g/mol. The Hall–Kier alpha value is -0.670. The Kier molecular flexibility index (Phi) is 5.79. The van der Waals surface area contributed by atoms with Crippen molar-refractivity contribution in [1.82, 2.24) is 0 Å². The van der Waals surface area contributed by atoms with Crippen molar-refractivity contribution in [3.8, 4) is 0 Å². The summed E-state index contributed by atoms with van der Waals surface area (Å²) in [6.07, 6.45) is 7.01. The van der Waals surface area contributed by atoms with E-state index in [-0.39, 0.29) is 11.3 Å². The first-order valence-corrected chi connectivity index (χ1v) is 9.15. The molecule has 3 heteroatoms. The molecule has 0 amide bonds. The van der Waals surface area contributed by atoms with Crippen molar-refractivity contribution >= 4 is 10.8 Å². The van der Waals surface area contributed by atoms with E-state index < -0.39 is 10.8 Å². The fourth-order valence-electron chi connectivity index (χ4n) is 2.99. The molecule has 0 heterocycles. The molecule has 1 aromatic rings. The second-order valence-electron chi connectivity index (χ2n) is 5.91. The van der Waals surface area contributed by atoms with Gasteiger partial charge < -0.3 is 5.73 Å². The van der Waals surface area contributed by atoms with Gasteiger partial charge in [0.2, 0.25) is 0 Å². The first-order chi connectivity index (χ1) is 9.63. The lowest BCUT2D eigenvalue weighted by Crippen LogP contribution is -2.34. The summed E-state index contributed by atoms with van der Waals surface area (Å²) in [6.45, 7) is 4.19. The molecule has 1 aliphatic carbocycles. The molecule has 2 N–H and O–H groups in total. The van der Waals surface area contributed by atoms with Crippen LogP contribution in [0.4, 0.5) is 0 Å². The van der Waals surface area contributed by atoms with Crippen LogP contribution in [0.25, 0.3) is 0 Å². The van der Waals surface area contributed by atoms with Crippen molar-refractivity contribution in [2.45, 2.75) is 68.9 Å². The van der Waals surface area contributed by atoms with Crippen molar-refractivity contribution in [2.75, 3.05) is 0 Å². The van der Waals surface area contributed by atoms with Crippen LogP contribution in [0.15, 0.2) is 24.3 Å². The first kappa shape index (κ1) is 15.7. The molecule has 0 aromatic heterocycles. The molecule has 1 saturated carbocycles. The van der Waals surface area contributed by atoms with E-state index in [2.05, 4.69) is 31.2 Å². The van der Waals surface area contributed by atoms with Crippen LogP contribution >= 0.6 is 0 Å². The average Bonchev–Trinajstić information content (AvgIpc) is 2.53. The van der Waals surface area contributed by atoms with Gasteiger partial charge in [-0.3, -0.25) is 4.21 Å². The summed E-state index contributed by atoms with van der Waals surface area (Å²) in [5, 5.41) is 0.394. The molecule has 0 bridgehead atoms. The molecule has 1 aromatic carbocycles. The summed E-state index contributed by atoms with van der Waals surface area (Å²) in [7, 11) is -0.814. The fraction of sp³-hybridized carbons (Fsp3) is 0.647. The minimum absolute atomic E-state index is 0.0329. The summed E-state index contributed by atoms with van der Waals surface area (Å²) < 4.78 is 12.7. The second kappa shape index (κ2) is 7.37. The van der Waals surface area contributed by atoms with Gasteiger partial charge in [0.25, 0.3) is 0 Å². The highest BCUT2D eigenvalue weighted by Crippen LogP contribution is 2.28. The van der Waals surface area contributed by atoms with Crippen molar-refractivity contribution < 1.29 is 4.21 Å². The van der Waals surface area contributed by atoms with E-state index >= 15 is 0 Å². The van der Waals surface area contributed by atoms with Crippen LogP contribution in [0.3, 0.4) is 0 Å². The molecule has 0 radical (unpaired) electrons. The van der Waals surface area contributed by atoms with E-state index in [4.69, 9.17) is 5.73 Å². The van der Waals surface area contributed by atoms with E-state index in [1.807, 2.05) is 6.92 Å². The monoisotopic (exact) mass is 293 g/mol. The van der Waals surface area contributed by atoms with Gasteiger partial charge in [-0.2, -0.15) is 0 Å². The van der Waals surface area contributed by atoms with Gasteiger partial charge in [-0.1, -0.05) is 50.5 Å². The largest absolute Gasteiger partial charge is 0.323 e. The smallest absolute Gasteiger partial charge is 0.0515 e. The third kappa shape index (κ3) is 3.70. The van der Waals surface area contributed by atoms with Crippen LogP contribution in [-0.4, -0.2) is 14.7 Å². The predicted octanol–water partition coefficient (Wildman–Crippen LogP) is 3.72. The molecule has 2 rings (SSSR count). The van der Waals surface area contributed by atoms with Crippen LogP contribution in [0.1, 0.15) is 63.1 Å². The normalized spacial score (nSPS) is 21.4. The molecule has 1 fully saturated rings. The van der Waals surface area contributed by atoms with Gasteiger partial charge in [0.15, 0.2) is 0 Å². The van der Waals surface area contributed by atoms with E-state index in [0.717, 1.165) is 24.8 Å². The lowest BCUT2D eigenvalue weighted by Gasteiger charge is -2.27. The topological polar surface area (TPSA) is 43.1 Å². The van der Waals surface area contributed by atoms with E-state index in [0.29, 0.717) is 5.25 Å². The van der Waals surface area contributed by atoms with E-state index in [9.17, 15) is 4.21 Å². The van der Waals surface area contributed by atoms with Crippen LogP contribution < -0.4 is 5.73 Å². The Morgan fingerprint density at radius 3 is 2.35 bits per heavy atom. The predicted molar refractivity (Wildman–Crippen MR) is 87.2 cm³/mol. The third-order valence-corrected chi connectivity index (χ3v) is 6.68. The van der Waals surface area contributed by atoms with Gasteiger partial charge in [0.1, 0.15) is 0 Å². The van der Waals surface area contributed by atoms with Gasteiger partial charge >= 0.3 is 0 Å². The van der Waals surface area contributed by atoms with Crippen molar-refractivity contribution in [3.63, 3.8) is 0 Å². The zero-order valence-electron chi connectivity index (χ0n) is 12.7. The van der Waals surface area contributed by atoms with Gasteiger partial charge in [-0.25, -0.2) is 0 Å². The molecule has 0 saturated heterocycles. The zero-order chi connectivity index (χ0) is 14.5. The zero-order valence-corrected chi connectivity index (χ0v) is 13.5. The molecule has 0 spiro atoms. The maximum absolute atomic E-state index is 12.7. The number of benzene rings is 1. The Morgan fingerprint density at radius 2 is 1.80 bits per heavy atom. The van der Waals surface area contributed by atoms with Gasteiger partial charge in [0, 0.05) is 22.1 Å². The number of rotatable bonds is 5. The van der Waals surface area contributed by atoms with Crippen LogP contribution in [0.5, 0.6) is 0 Å². The molecule has 3 unspecified atom stereocenters. The number of nitrogens with two attached hydrogens (primary N) is 1. The second-order valence-corrected chi connectivity index (χ2v) is 7.98. The van der Waals surface area contributed by atoms with Crippen molar-refractivity contribution in [1.29, 1.82) is 0 Å². The summed E-state index contributed by atoms with van der Waals surface area (Å²) in [6, 6.07) is 8.33. The van der Waals surface area contributed by atoms with E-state index in [1.54, 1.807) is 0 Å². The van der Waals surface area contributed by atoms with Crippen LogP contribution in [0.2, 0.25) is 0 Å². The molecular formula is C17H27NOS. The van der Waals surface area contributed by atoms with Crippen LogP contribution in [-0.2, 0) is 17.2 Å². The minimum Gasteiger partial charge on any atom is -0.323 e. The van der Waals surface area contributed by atoms with Gasteiger partial charge in [0.05, 0.1) is 5.25 Å². The standard InChI is InChI=1S/C17H27NOS/c1-3-14-9-11-15(12-10-14)17(18)13(2)20(19)16-7-5-4-6-8-16/h9-13,16-17H,3-8,18H2,1-2H3. The molecule has 3 atom stereocenters. The maximum atomic E-state index is 12.7. The Morgan fingerprint density at radius 1 is 1.20 bits per heavy atom. The van der Waals surface area contributed by atoms with Crippen LogP contribution in [0, 0.1) is 0 Å². The highest BCUT2D eigenvalue weighted by atomic mass is 32.2. The first-order valence-electron chi connectivity index (χ1n) is 7.87. The molecule has 2 nitrogen and oxygen atoms in total. The lowest BCUT2D eigenvalue weighted by atomic mass is 10.0. The van der Waals surface area contributed by atoms with Gasteiger partial charge in [-0.05, 0) is 37.3 Å². The quantitative estimate of drug-likeness (QED) is 0.899. The molecule has 20 heavy (non-hydrogen) atoms. The third-order valence-electron chi connectivity index (χ3n) is 4.53. The van der Waals surface area contributed by atoms with Gasteiger partial charge in [-0.15, -0.1) is 0 Å². The highest BCUT2D eigenvalue weighted by molar-refractivity contribution is 7.86. The molecule has 112 valence electrons. The molecule has 1 aliphatic rings. The number of hydrogen-bond donors (Lipinski definition) is 1.